The number of carbonyl (C=O) groups is 1. The quantitative estimate of drug-likeness (QED) is 0.763. The number of halogens is 1. The first-order chi connectivity index (χ1) is 8.20. The van der Waals surface area contributed by atoms with Crippen molar-refractivity contribution < 1.29 is 13.9 Å². The van der Waals surface area contributed by atoms with Gasteiger partial charge in [0.2, 0.25) is 0 Å². The van der Waals surface area contributed by atoms with E-state index in [0.717, 1.165) is 0 Å². The Kier molecular flexibility index (Phi) is 3.23. The van der Waals surface area contributed by atoms with Gasteiger partial charge >= 0.3 is 5.97 Å². The van der Waals surface area contributed by atoms with Crippen LogP contribution in [-0.2, 0) is 4.74 Å². The second kappa shape index (κ2) is 4.82. The predicted molar refractivity (Wildman–Crippen MR) is 61.7 cm³/mol. The highest BCUT2D eigenvalue weighted by Gasteiger charge is 2.10. The van der Waals surface area contributed by atoms with E-state index in [2.05, 4.69) is 0 Å². The minimum Gasteiger partial charge on any atom is -0.462 e. The second-order valence-electron chi connectivity index (χ2n) is 3.51. The van der Waals surface area contributed by atoms with Crippen LogP contribution in [0.2, 0.25) is 0 Å². The lowest BCUT2D eigenvalue weighted by atomic mass is 10.2. The molecule has 0 saturated carbocycles. The molecule has 0 aliphatic carbocycles. The average Bonchev–Trinajstić information content (AvgIpc) is 2.82. The van der Waals surface area contributed by atoms with E-state index in [1.165, 1.54) is 12.1 Å². The summed E-state index contributed by atoms with van der Waals surface area (Å²) in [5.74, 6) is -0.973. The molecular weight excluding hydrogens is 221 g/mol. The minimum absolute atomic E-state index is 0.218. The summed E-state index contributed by atoms with van der Waals surface area (Å²) in [6.07, 6.45) is 3.56. The molecule has 88 valence electrons. The molecule has 0 atom stereocenters. The van der Waals surface area contributed by atoms with Crippen molar-refractivity contribution in [1.29, 1.82) is 0 Å². The van der Waals surface area contributed by atoms with Gasteiger partial charge in [0.15, 0.2) is 0 Å². The van der Waals surface area contributed by atoms with E-state index in [-0.39, 0.29) is 12.2 Å². The van der Waals surface area contributed by atoms with Crippen molar-refractivity contribution in [3.8, 4) is 5.69 Å². The molecule has 2 rings (SSSR count). The summed E-state index contributed by atoms with van der Waals surface area (Å²) in [5.41, 5.74) is 0.814. The topological polar surface area (TPSA) is 31.2 Å². The fourth-order valence-electron chi connectivity index (χ4n) is 1.56. The van der Waals surface area contributed by atoms with Crippen LogP contribution in [0, 0.1) is 5.82 Å². The number of hydrogen-bond acceptors (Lipinski definition) is 2. The van der Waals surface area contributed by atoms with Crippen LogP contribution in [0.4, 0.5) is 4.39 Å². The number of aromatic nitrogens is 1. The summed E-state index contributed by atoms with van der Waals surface area (Å²) in [7, 11) is 0. The Morgan fingerprint density at radius 1 is 1.29 bits per heavy atom. The molecule has 1 aromatic heterocycles. The zero-order valence-electron chi connectivity index (χ0n) is 9.39. The van der Waals surface area contributed by atoms with E-state index >= 15 is 0 Å². The molecule has 0 spiro atoms. The van der Waals surface area contributed by atoms with Gasteiger partial charge in [-0.15, -0.1) is 0 Å². The van der Waals surface area contributed by atoms with Gasteiger partial charge < -0.3 is 9.30 Å². The molecular formula is C13H12FNO2. The van der Waals surface area contributed by atoms with Crippen LogP contribution in [0.3, 0.4) is 0 Å². The summed E-state index contributed by atoms with van der Waals surface area (Å²) >= 11 is 0. The standard InChI is InChI=1S/C13H12FNO2/c1-2-17-13(16)10-7-11(14)9-12(8-10)15-5-3-4-6-15/h3-9H,2H2,1H3. The summed E-state index contributed by atoms with van der Waals surface area (Å²) in [4.78, 5) is 11.5. The fraction of sp³-hybridized carbons (Fsp3) is 0.154. The maximum atomic E-state index is 13.4. The first-order valence-electron chi connectivity index (χ1n) is 5.32. The molecule has 0 aliphatic rings. The monoisotopic (exact) mass is 233 g/mol. The van der Waals surface area contributed by atoms with Crippen LogP contribution < -0.4 is 0 Å². The zero-order valence-corrected chi connectivity index (χ0v) is 9.39. The third-order valence-electron chi connectivity index (χ3n) is 2.30. The molecule has 1 heterocycles. The number of hydrogen-bond donors (Lipinski definition) is 0. The summed E-state index contributed by atoms with van der Waals surface area (Å²) in [6.45, 7) is 1.98. The summed E-state index contributed by atoms with van der Waals surface area (Å²) in [5, 5.41) is 0. The maximum absolute atomic E-state index is 13.4. The highest BCUT2D eigenvalue weighted by atomic mass is 19.1. The number of ether oxygens (including phenoxy) is 1. The van der Waals surface area contributed by atoms with Gasteiger partial charge in [-0.2, -0.15) is 0 Å². The first kappa shape index (κ1) is 11.4. The largest absolute Gasteiger partial charge is 0.462 e. The van der Waals surface area contributed by atoms with Crippen LogP contribution in [0.5, 0.6) is 0 Å². The van der Waals surface area contributed by atoms with Crippen LogP contribution in [0.15, 0.2) is 42.7 Å². The lowest BCUT2D eigenvalue weighted by molar-refractivity contribution is 0.0526. The van der Waals surface area contributed by atoms with Crippen molar-refractivity contribution in [3.63, 3.8) is 0 Å². The Labute approximate surface area is 98.4 Å². The highest BCUT2D eigenvalue weighted by Crippen LogP contribution is 2.14. The minimum atomic E-state index is -0.514. The third kappa shape index (κ3) is 2.53. The Hall–Kier alpha value is -2.10. The first-order valence-corrected chi connectivity index (χ1v) is 5.32. The van der Waals surface area contributed by atoms with E-state index in [0.29, 0.717) is 5.69 Å². The van der Waals surface area contributed by atoms with Crippen LogP contribution in [0.1, 0.15) is 17.3 Å². The Morgan fingerprint density at radius 3 is 2.65 bits per heavy atom. The molecule has 4 heteroatoms. The van der Waals surface area contributed by atoms with Gasteiger partial charge in [0.1, 0.15) is 5.82 Å². The van der Waals surface area contributed by atoms with E-state index in [1.54, 1.807) is 30.0 Å². The van der Waals surface area contributed by atoms with Gasteiger partial charge in [0.25, 0.3) is 0 Å². The number of nitrogens with zero attached hydrogens (tertiary/aromatic N) is 1. The van der Waals surface area contributed by atoms with Gasteiger partial charge in [0.05, 0.1) is 12.2 Å². The van der Waals surface area contributed by atoms with Crippen molar-refractivity contribution in [2.75, 3.05) is 6.61 Å². The SMILES string of the molecule is CCOC(=O)c1cc(F)cc(-n2cccc2)c1. The number of benzene rings is 1. The molecule has 0 aliphatic heterocycles. The Bertz CT molecular complexity index is 520. The summed E-state index contributed by atoms with van der Waals surface area (Å²) in [6, 6.07) is 7.79. The predicted octanol–water partition coefficient (Wildman–Crippen LogP) is 2.79. The average molecular weight is 233 g/mol. The smallest absolute Gasteiger partial charge is 0.338 e. The van der Waals surface area contributed by atoms with Gasteiger partial charge in [-0.3, -0.25) is 0 Å². The number of esters is 1. The molecule has 17 heavy (non-hydrogen) atoms. The molecule has 0 fully saturated rings. The van der Waals surface area contributed by atoms with Crippen molar-refractivity contribution in [2.24, 2.45) is 0 Å². The van der Waals surface area contributed by atoms with E-state index < -0.39 is 11.8 Å². The molecule has 3 nitrogen and oxygen atoms in total. The molecule has 0 saturated heterocycles. The number of rotatable bonds is 3. The lowest BCUT2D eigenvalue weighted by Gasteiger charge is -2.06. The maximum Gasteiger partial charge on any atom is 0.338 e. The van der Waals surface area contributed by atoms with Gasteiger partial charge in [-0.25, -0.2) is 9.18 Å². The zero-order chi connectivity index (χ0) is 12.3. The molecule has 0 amide bonds. The normalized spacial score (nSPS) is 10.2. The van der Waals surface area contributed by atoms with Gasteiger partial charge in [0, 0.05) is 18.1 Å². The molecule has 0 radical (unpaired) electrons. The molecule has 0 bridgehead atoms. The van der Waals surface area contributed by atoms with Crippen LogP contribution >= 0.6 is 0 Å². The van der Waals surface area contributed by atoms with Crippen molar-refractivity contribution in [2.45, 2.75) is 6.92 Å². The van der Waals surface area contributed by atoms with Gasteiger partial charge in [-0.05, 0) is 37.3 Å². The Balaban J connectivity index is 2.39. The van der Waals surface area contributed by atoms with Crippen molar-refractivity contribution in [3.05, 3.63) is 54.1 Å². The van der Waals surface area contributed by atoms with E-state index in [1.807, 2.05) is 12.1 Å². The summed E-state index contributed by atoms with van der Waals surface area (Å²) < 4.78 is 20.0. The van der Waals surface area contributed by atoms with Crippen LogP contribution in [0.25, 0.3) is 5.69 Å². The number of carbonyl (C=O) groups excluding carboxylic acids is 1. The van der Waals surface area contributed by atoms with Crippen molar-refractivity contribution >= 4 is 5.97 Å². The lowest BCUT2D eigenvalue weighted by Crippen LogP contribution is -2.06. The fourth-order valence-corrected chi connectivity index (χ4v) is 1.56. The van der Waals surface area contributed by atoms with Gasteiger partial charge in [-0.1, -0.05) is 0 Å². The molecule has 1 aromatic carbocycles. The van der Waals surface area contributed by atoms with E-state index in [9.17, 15) is 9.18 Å². The molecule has 0 unspecified atom stereocenters. The van der Waals surface area contributed by atoms with Crippen LogP contribution in [-0.4, -0.2) is 17.1 Å². The van der Waals surface area contributed by atoms with E-state index in [4.69, 9.17) is 4.74 Å². The second-order valence-corrected chi connectivity index (χ2v) is 3.51. The third-order valence-corrected chi connectivity index (χ3v) is 2.30. The Morgan fingerprint density at radius 2 is 2.00 bits per heavy atom. The highest BCUT2D eigenvalue weighted by molar-refractivity contribution is 5.90. The molecule has 2 aromatic rings. The van der Waals surface area contributed by atoms with Crippen molar-refractivity contribution in [1.82, 2.24) is 4.57 Å². The molecule has 0 N–H and O–H groups in total.